The van der Waals surface area contributed by atoms with Crippen molar-refractivity contribution in [1.82, 2.24) is 10.2 Å². The fourth-order valence-electron chi connectivity index (χ4n) is 4.32. The highest BCUT2D eigenvalue weighted by atomic mass is 19.4. The Morgan fingerprint density at radius 2 is 1.87 bits per heavy atom. The lowest BCUT2D eigenvalue weighted by Gasteiger charge is -2.40. The molecule has 1 aromatic rings. The van der Waals surface area contributed by atoms with Crippen molar-refractivity contribution < 1.29 is 41.8 Å². The minimum absolute atomic E-state index is 0.0191. The van der Waals surface area contributed by atoms with E-state index >= 15 is 0 Å². The SMILES string of the molecule is O=C(NCc1ccco1)[C@@H]1CC[C@@H]2[C@@H](CCN2C2CCOCC2)O1.O=C(O)C(F)(F)F. The van der Waals surface area contributed by atoms with Crippen LogP contribution in [0, 0.1) is 0 Å². The number of aliphatic carboxylic acids is 1. The Morgan fingerprint density at radius 1 is 1.16 bits per heavy atom. The molecule has 0 saturated carbocycles. The molecular weight excluding hydrogens is 421 g/mol. The number of carbonyl (C=O) groups excluding carboxylic acids is 1. The van der Waals surface area contributed by atoms with E-state index in [9.17, 15) is 18.0 Å². The second kappa shape index (κ2) is 10.5. The summed E-state index contributed by atoms with van der Waals surface area (Å²) in [6.07, 6.45) is 1.52. The lowest BCUT2D eigenvalue weighted by Crippen LogP contribution is -2.50. The Hall–Kier alpha value is -2.11. The first kappa shape index (κ1) is 23.6. The molecule has 3 aliphatic rings. The number of nitrogens with one attached hydrogen (secondary N) is 1. The van der Waals surface area contributed by atoms with Gasteiger partial charge in [0.1, 0.15) is 11.9 Å². The van der Waals surface area contributed by atoms with Crippen LogP contribution in [0.4, 0.5) is 13.2 Å². The first-order chi connectivity index (χ1) is 14.8. The number of carbonyl (C=O) groups is 2. The van der Waals surface area contributed by atoms with Gasteiger partial charge in [-0.15, -0.1) is 0 Å². The van der Waals surface area contributed by atoms with Crippen LogP contribution >= 0.6 is 0 Å². The molecule has 11 heteroatoms. The predicted octanol–water partition coefficient (Wildman–Crippen LogP) is 2.33. The van der Waals surface area contributed by atoms with Gasteiger partial charge >= 0.3 is 12.1 Å². The normalized spacial score (nSPS) is 27.1. The highest BCUT2D eigenvalue weighted by molar-refractivity contribution is 5.80. The van der Waals surface area contributed by atoms with Gasteiger partial charge in [-0.25, -0.2) is 4.79 Å². The Balaban J connectivity index is 0.000000339. The average Bonchev–Trinajstić information content (AvgIpc) is 3.41. The van der Waals surface area contributed by atoms with Gasteiger partial charge in [-0.05, 0) is 44.2 Å². The molecule has 31 heavy (non-hydrogen) atoms. The number of amides is 1. The van der Waals surface area contributed by atoms with E-state index in [-0.39, 0.29) is 18.1 Å². The summed E-state index contributed by atoms with van der Waals surface area (Å²) in [4.78, 5) is 23.9. The number of furan rings is 1. The molecule has 3 saturated heterocycles. The van der Waals surface area contributed by atoms with Crippen LogP contribution in [0.1, 0.15) is 37.9 Å². The van der Waals surface area contributed by atoms with E-state index in [1.165, 1.54) is 0 Å². The first-order valence-electron chi connectivity index (χ1n) is 10.3. The van der Waals surface area contributed by atoms with Crippen LogP contribution in [0.3, 0.4) is 0 Å². The minimum atomic E-state index is -5.08. The highest BCUT2D eigenvalue weighted by Gasteiger charge is 2.44. The number of ether oxygens (including phenoxy) is 2. The van der Waals surface area contributed by atoms with E-state index in [2.05, 4.69) is 10.2 Å². The number of hydrogen-bond acceptors (Lipinski definition) is 6. The molecule has 4 heterocycles. The van der Waals surface area contributed by atoms with E-state index in [0.29, 0.717) is 18.6 Å². The molecule has 3 aliphatic heterocycles. The summed E-state index contributed by atoms with van der Waals surface area (Å²) in [5.74, 6) is -2.01. The largest absolute Gasteiger partial charge is 0.490 e. The highest BCUT2D eigenvalue weighted by Crippen LogP contribution is 2.34. The number of rotatable bonds is 4. The van der Waals surface area contributed by atoms with Gasteiger partial charge in [0.25, 0.3) is 0 Å². The molecule has 0 radical (unpaired) electrons. The smallest absolute Gasteiger partial charge is 0.475 e. The summed E-state index contributed by atoms with van der Waals surface area (Å²) in [5.41, 5.74) is 0. The van der Waals surface area contributed by atoms with Crippen LogP contribution < -0.4 is 5.32 Å². The minimum Gasteiger partial charge on any atom is -0.475 e. The number of likely N-dealkylation sites (tertiary alicyclic amines) is 1. The predicted molar refractivity (Wildman–Crippen MR) is 101 cm³/mol. The monoisotopic (exact) mass is 448 g/mol. The summed E-state index contributed by atoms with van der Waals surface area (Å²) < 4.78 is 48.6. The second-order valence-corrected chi connectivity index (χ2v) is 7.78. The molecule has 0 spiro atoms. The fraction of sp³-hybridized carbons (Fsp3) is 0.700. The molecule has 0 aliphatic carbocycles. The van der Waals surface area contributed by atoms with E-state index in [4.69, 9.17) is 23.8 Å². The lowest BCUT2D eigenvalue weighted by atomic mass is 9.96. The molecule has 3 fully saturated rings. The molecule has 0 aromatic carbocycles. The van der Waals surface area contributed by atoms with Gasteiger partial charge < -0.3 is 24.3 Å². The number of alkyl halides is 3. The summed E-state index contributed by atoms with van der Waals surface area (Å²) in [5, 5.41) is 10.0. The lowest BCUT2D eigenvalue weighted by molar-refractivity contribution is -0.192. The van der Waals surface area contributed by atoms with Gasteiger partial charge in [0, 0.05) is 31.8 Å². The molecule has 174 valence electrons. The van der Waals surface area contributed by atoms with Crippen LogP contribution in [-0.4, -0.2) is 72.1 Å². The molecule has 1 amide bonds. The van der Waals surface area contributed by atoms with Gasteiger partial charge in [-0.1, -0.05) is 0 Å². The number of carboxylic acid groups (broad SMARTS) is 1. The van der Waals surface area contributed by atoms with Gasteiger partial charge in [0.15, 0.2) is 0 Å². The van der Waals surface area contributed by atoms with Crippen molar-refractivity contribution >= 4 is 11.9 Å². The van der Waals surface area contributed by atoms with E-state index in [1.54, 1.807) is 6.26 Å². The number of fused-ring (bicyclic) bond motifs is 1. The van der Waals surface area contributed by atoms with E-state index in [1.807, 2.05) is 12.1 Å². The van der Waals surface area contributed by atoms with Crippen molar-refractivity contribution in [3.63, 3.8) is 0 Å². The summed E-state index contributed by atoms with van der Waals surface area (Å²) in [7, 11) is 0. The van der Waals surface area contributed by atoms with Crippen molar-refractivity contribution in [3.8, 4) is 0 Å². The Bertz CT molecular complexity index is 721. The molecule has 2 N–H and O–H groups in total. The summed E-state index contributed by atoms with van der Waals surface area (Å²) >= 11 is 0. The number of nitrogens with zero attached hydrogens (tertiary/aromatic N) is 1. The third-order valence-corrected chi connectivity index (χ3v) is 5.80. The van der Waals surface area contributed by atoms with Gasteiger partial charge in [-0.2, -0.15) is 13.2 Å². The number of hydrogen-bond donors (Lipinski definition) is 2. The van der Waals surface area contributed by atoms with Crippen molar-refractivity contribution in [2.45, 2.75) is 69.1 Å². The fourth-order valence-corrected chi connectivity index (χ4v) is 4.32. The third-order valence-electron chi connectivity index (χ3n) is 5.80. The quantitative estimate of drug-likeness (QED) is 0.729. The zero-order chi connectivity index (χ0) is 22.4. The van der Waals surface area contributed by atoms with Crippen molar-refractivity contribution in [2.24, 2.45) is 0 Å². The number of halogens is 3. The molecule has 4 rings (SSSR count). The van der Waals surface area contributed by atoms with Crippen molar-refractivity contribution in [2.75, 3.05) is 19.8 Å². The molecule has 0 bridgehead atoms. The Labute approximate surface area is 177 Å². The molecule has 1 aromatic heterocycles. The van der Waals surface area contributed by atoms with Gasteiger partial charge in [-0.3, -0.25) is 9.69 Å². The summed E-state index contributed by atoms with van der Waals surface area (Å²) in [6.45, 7) is 3.25. The third kappa shape index (κ3) is 6.44. The summed E-state index contributed by atoms with van der Waals surface area (Å²) in [6, 6.07) is 4.79. The van der Waals surface area contributed by atoms with Crippen LogP contribution in [0.15, 0.2) is 22.8 Å². The zero-order valence-corrected chi connectivity index (χ0v) is 17.0. The standard InChI is InChI=1S/C18H26N2O4.C2HF3O2/c21-18(19-12-14-2-1-9-23-14)17-4-3-15-16(24-17)5-8-20(15)13-6-10-22-11-7-13;3-2(4,5)1(6)7/h1-2,9,13,15-17H,3-8,10-12H2,(H,19,21);(H,6,7)/t15-,16-,17+;/m1./s1. The first-order valence-corrected chi connectivity index (χ1v) is 10.3. The van der Waals surface area contributed by atoms with Gasteiger partial charge in [0.2, 0.25) is 5.91 Å². The Morgan fingerprint density at radius 3 is 2.48 bits per heavy atom. The maximum Gasteiger partial charge on any atom is 0.490 e. The zero-order valence-electron chi connectivity index (χ0n) is 17.0. The molecule has 8 nitrogen and oxygen atoms in total. The molecule has 0 unspecified atom stereocenters. The van der Waals surface area contributed by atoms with Crippen LogP contribution in [0.25, 0.3) is 0 Å². The number of carboxylic acids is 1. The van der Waals surface area contributed by atoms with Gasteiger partial charge in [0.05, 0.1) is 18.9 Å². The maximum atomic E-state index is 12.4. The van der Waals surface area contributed by atoms with Crippen LogP contribution in [0.2, 0.25) is 0 Å². The average molecular weight is 448 g/mol. The van der Waals surface area contributed by atoms with Crippen LogP contribution in [-0.2, 0) is 25.6 Å². The van der Waals surface area contributed by atoms with Crippen LogP contribution in [0.5, 0.6) is 0 Å². The molecular formula is C20H27F3N2O6. The van der Waals surface area contributed by atoms with E-state index in [0.717, 1.165) is 57.6 Å². The molecule has 3 atom stereocenters. The second-order valence-electron chi connectivity index (χ2n) is 7.78. The van der Waals surface area contributed by atoms with E-state index < -0.39 is 12.1 Å². The van der Waals surface area contributed by atoms with Crippen molar-refractivity contribution in [3.05, 3.63) is 24.2 Å². The maximum absolute atomic E-state index is 12.4. The Kier molecular flexibility index (Phi) is 7.95. The van der Waals surface area contributed by atoms with Crippen molar-refractivity contribution in [1.29, 1.82) is 0 Å². The topological polar surface area (TPSA) is 101 Å².